The number of carbonyl (C=O) groups is 2. The Morgan fingerprint density at radius 3 is 2.76 bits per heavy atom. The van der Waals surface area contributed by atoms with Crippen molar-refractivity contribution in [2.75, 3.05) is 38.5 Å². The lowest BCUT2D eigenvalue weighted by molar-refractivity contribution is -0.131. The fourth-order valence-electron chi connectivity index (χ4n) is 6.78. The van der Waals surface area contributed by atoms with Gasteiger partial charge in [0.15, 0.2) is 5.65 Å². The average molecular weight is 647 g/mol. The van der Waals surface area contributed by atoms with Crippen LogP contribution in [0.5, 0.6) is 5.75 Å². The van der Waals surface area contributed by atoms with E-state index in [0.29, 0.717) is 18.7 Å². The summed E-state index contributed by atoms with van der Waals surface area (Å²) in [4.78, 5) is 35.6. The van der Waals surface area contributed by atoms with Crippen LogP contribution in [0.3, 0.4) is 0 Å². The van der Waals surface area contributed by atoms with E-state index >= 15 is 0 Å². The highest BCUT2D eigenvalue weighted by Gasteiger charge is 2.53. The summed E-state index contributed by atoms with van der Waals surface area (Å²) in [5.74, 6) is -0.626. The van der Waals surface area contributed by atoms with E-state index in [9.17, 15) is 18.4 Å². The lowest BCUT2D eigenvalue weighted by Gasteiger charge is -2.29. The summed E-state index contributed by atoms with van der Waals surface area (Å²) in [6.07, 6.45) is 6.06. The van der Waals surface area contributed by atoms with Crippen LogP contribution in [0.25, 0.3) is 16.9 Å². The first kappa shape index (κ1) is 29.8. The second-order valence-corrected chi connectivity index (χ2v) is 12.1. The number of likely N-dealkylation sites (N-methyl/N-ethyl adjacent to an activating group) is 1. The maximum absolute atomic E-state index is 13.8. The average Bonchev–Trinajstić information content (AvgIpc) is 3.79. The van der Waals surface area contributed by atoms with E-state index in [1.807, 2.05) is 23.1 Å². The van der Waals surface area contributed by atoms with Gasteiger partial charge in [-0.25, -0.2) is 9.50 Å². The zero-order chi connectivity index (χ0) is 32.0. The molecule has 2 aliphatic heterocycles. The number of nitrogens with zero attached hydrogens (tertiary/aromatic N) is 7. The molecule has 5 aromatic rings. The Bertz CT molecular complexity index is 1930. The number of aromatic nitrogens is 5. The molecule has 3 aromatic heterocycles. The van der Waals surface area contributed by atoms with Gasteiger partial charge in [-0.05, 0) is 36.9 Å². The molecule has 2 unspecified atom stereocenters. The van der Waals surface area contributed by atoms with E-state index in [-0.39, 0.29) is 57.1 Å². The molecule has 7 rings (SSSR count). The Hall–Kier alpha value is -4.88. The maximum atomic E-state index is 13.8. The third-order valence-electron chi connectivity index (χ3n) is 8.72. The first-order valence-corrected chi connectivity index (χ1v) is 15.0. The highest BCUT2D eigenvalue weighted by atomic mass is 35.5. The smallest absolute Gasteiger partial charge is 0.387 e. The van der Waals surface area contributed by atoms with Gasteiger partial charge in [0, 0.05) is 66.7 Å². The number of anilines is 1. The minimum Gasteiger partial charge on any atom is -0.434 e. The molecule has 0 spiro atoms. The van der Waals surface area contributed by atoms with Crippen molar-refractivity contribution in [1.82, 2.24) is 34.2 Å². The van der Waals surface area contributed by atoms with E-state index in [2.05, 4.69) is 44.6 Å². The topological polar surface area (TPSA) is 110 Å². The Balaban J connectivity index is 1.20. The van der Waals surface area contributed by atoms with Crippen LogP contribution in [-0.4, -0.2) is 85.8 Å². The number of fused-ring (bicyclic) bond motifs is 2. The molecule has 0 aliphatic carbocycles. The first-order chi connectivity index (χ1) is 22.2. The highest BCUT2D eigenvalue weighted by molar-refractivity contribution is 6.31. The number of rotatable bonds is 8. The third-order valence-corrected chi connectivity index (χ3v) is 8.96. The standard InChI is InChI=1S/C32H29ClF2N8O3/c1-40-14-21-15-41(19-32(21,18-40)20-6-3-2-4-7-20)27(44)17-42-16-25(38-30(45)24-13-37-43-11-5-10-36-29(24)43)28(39-42)23-12-22(33)8-9-26(23)46-31(34)35/h2-13,16,21,31H,14-15,17-19H2,1H3,(H,38,45). The summed E-state index contributed by atoms with van der Waals surface area (Å²) in [5, 5.41) is 11.8. The number of benzene rings is 2. The number of amides is 2. The molecule has 2 amide bonds. The van der Waals surface area contributed by atoms with E-state index in [1.165, 1.54) is 51.6 Å². The number of halogens is 3. The Kier molecular flexibility index (Phi) is 7.65. The molecular weight excluding hydrogens is 618 g/mol. The minimum absolute atomic E-state index is 0.101. The van der Waals surface area contributed by atoms with E-state index in [1.54, 1.807) is 12.3 Å². The molecule has 1 N–H and O–H groups in total. The summed E-state index contributed by atoms with van der Waals surface area (Å²) < 4.78 is 34.3. The van der Waals surface area contributed by atoms with Crippen LogP contribution in [0, 0.1) is 5.92 Å². The van der Waals surface area contributed by atoms with Gasteiger partial charge in [-0.3, -0.25) is 14.3 Å². The van der Waals surface area contributed by atoms with Crippen molar-refractivity contribution in [3.05, 3.63) is 95.5 Å². The lowest BCUT2D eigenvalue weighted by atomic mass is 9.75. The van der Waals surface area contributed by atoms with Gasteiger partial charge in [0.05, 0.1) is 11.9 Å². The summed E-state index contributed by atoms with van der Waals surface area (Å²) in [7, 11) is 2.10. The molecule has 46 heavy (non-hydrogen) atoms. The largest absolute Gasteiger partial charge is 0.434 e. The second kappa shape index (κ2) is 11.8. The molecule has 2 saturated heterocycles. The number of likely N-dealkylation sites (tertiary alicyclic amines) is 2. The SMILES string of the molecule is CN1CC2CN(C(=O)Cn3cc(NC(=O)c4cnn5cccnc45)c(-c4cc(Cl)ccc4OC(F)F)n3)CC2(c2ccccc2)C1. The van der Waals surface area contributed by atoms with Crippen LogP contribution in [0.4, 0.5) is 14.5 Å². The van der Waals surface area contributed by atoms with Crippen molar-refractivity contribution in [3.63, 3.8) is 0 Å². The normalized spacial score (nSPS) is 19.6. The van der Waals surface area contributed by atoms with Gasteiger partial charge in [0.1, 0.15) is 23.6 Å². The Morgan fingerprint density at radius 1 is 1.13 bits per heavy atom. The van der Waals surface area contributed by atoms with Crippen molar-refractivity contribution >= 4 is 34.7 Å². The molecule has 11 nitrogen and oxygen atoms in total. The van der Waals surface area contributed by atoms with Gasteiger partial charge in [0.2, 0.25) is 5.91 Å². The minimum atomic E-state index is -3.11. The van der Waals surface area contributed by atoms with E-state index in [0.717, 1.165) is 13.1 Å². The van der Waals surface area contributed by atoms with Crippen LogP contribution in [0.2, 0.25) is 5.02 Å². The number of carbonyl (C=O) groups excluding carboxylic acids is 2. The van der Waals surface area contributed by atoms with Crippen LogP contribution in [0.1, 0.15) is 15.9 Å². The molecule has 2 atom stereocenters. The number of nitrogens with one attached hydrogen (secondary N) is 1. The Morgan fingerprint density at radius 2 is 1.96 bits per heavy atom. The molecule has 236 valence electrons. The van der Waals surface area contributed by atoms with Gasteiger partial charge in [0.25, 0.3) is 5.91 Å². The van der Waals surface area contributed by atoms with E-state index in [4.69, 9.17) is 16.3 Å². The number of alkyl halides is 2. The van der Waals surface area contributed by atoms with Crippen molar-refractivity contribution in [2.45, 2.75) is 18.6 Å². The Labute approximate surface area is 267 Å². The van der Waals surface area contributed by atoms with Crippen LogP contribution >= 0.6 is 11.6 Å². The molecule has 2 fully saturated rings. The quantitative estimate of drug-likeness (QED) is 0.265. The first-order valence-electron chi connectivity index (χ1n) is 14.6. The molecule has 0 saturated carbocycles. The van der Waals surface area contributed by atoms with Gasteiger partial charge in [-0.2, -0.15) is 19.0 Å². The number of hydrogen-bond acceptors (Lipinski definition) is 7. The lowest BCUT2D eigenvalue weighted by Crippen LogP contribution is -2.40. The third kappa shape index (κ3) is 5.45. The van der Waals surface area contributed by atoms with Crippen molar-refractivity contribution in [1.29, 1.82) is 0 Å². The van der Waals surface area contributed by atoms with Crippen molar-refractivity contribution in [3.8, 4) is 17.0 Å². The molecule has 0 bridgehead atoms. The van der Waals surface area contributed by atoms with Gasteiger partial charge >= 0.3 is 6.61 Å². The van der Waals surface area contributed by atoms with Crippen molar-refractivity contribution in [2.24, 2.45) is 5.92 Å². The zero-order valence-electron chi connectivity index (χ0n) is 24.7. The highest BCUT2D eigenvalue weighted by Crippen LogP contribution is 2.44. The summed E-state index contributed by atoms with van der Waals surface area (Å²) >= 11 is 6.26. The van der Waals surface area contributed by atoms with E-state index < -0.39 is 12.5 Å². The van der Waals surface area contributed by atoms with Crippen LogP contribution < -0.4 is 10.1 Å². The maximum Gasteiger partial charge on any atom is 0.387 e. The predicted molar refractivity (Wildman–Crippen MR) is 166 cm³/mol. The molecule has 2 aliphatic rings. The molecule has 0 radical (unpaired) electrons. The molecule has 2 aromatic carbocycles. The van der Waals surface area contributed by atoms with Crippen molar-refractivity contribution < 1.29 is 23.1 Å². The predicted octanol–water partition coefficient (Wildman–Crippen LogP) is 4.44. The van der Waals surface area contributed by atoms with Crippen LogP contribution in [-0.2, 0) is 16.8 Å². The molecular formula is C32H29ClF2N8O3. The summed E-state index contributed by atoms with van der Waals surface area (Å²) in [6.45, 7) is -0.380. The molecule has 5 heterocycles. The van der Waals surface area contributed by atoms with Gasteiger partial charge in [-0.15, -0.1) is 0 Å². The summed E-state index contributed by atoms with van der Waals surface area (Å²) in [6, 6.07) is 16.1. The second-order valence-electron chi connectivity index (χ2n) is 11.7. The fraction of sp³-hybridized carbons (Fsp3) is 0.281. The zero-order valence-corrected chi connectivity index (χ0v) is 25.4. The number of ether oxygens (including phenoxy) is 1. The van der Waals surface area contributed by atoms with Gasteiger partial charge in [-0.1, -0.05) is 41.9 Å². The summed E-state index contributed by atoms with van der Waals surface area (Å²) in [5.41, 5.74) is 1.93. The van der Waals surface area contributed by atoms with Crippen LogP contribution in [0.15, 0.2) is 79.4 Å². The molecule has 14 heteroatoms. The van der Waals surface area contributed by atoms with Gasteiger partial charge < -0.3 is 19.9 Å². The monoisotopic (exact) mass is 646 g/mol. The number of hydrogen-bond donors (Lipinski definition) is 1. The fourth-order valence-corrected chi connectivity index (χ4v) is 6.95.